The van der Waals surface area contributed by atoms with Crippen molar-refractivity contribution in [2.24, 2.45) is 10.1 Å². The fraction of sp³-hybridized carbons (Fsp3) is 0.385. The van der Waals surface area contributed by atoms with Gasteiger partial charge in [-0.3, -0.25) is 9.79 Å². The van der Waals surface area contributed by atoms with E-state index in [-0.39, 0.29) is 10.8 Å². The van der Waals surface area contributed by atoms with Crippen LogP contribution < -0.4 is 10.0 Å². The summed E-state index contributed by atoms with van der Waals surface area (Å²) in [6.07, 6.45) is 0.644. The highest BCUT2D eigenvalue weighted by molar-refractivity contribution is 8.39. The van der Waals surface area contributed by atoms with Gasteiger partial charge in [0.25, 0.3) is 0 Å². The molecule has 0 fully saturated rings. The van der Waals surface area contributed by atoms with Crippen LogP contribution in [-0.4, -0.2) is 43.3 Å². The first-order valence-electron chi connectivity index (χ1n) is 6.71. The predicted molar refractivity (Wildman–Crippen MR) is 91.1 cm³/mol. The van der Waals surface area contributed by atoms with Gasteiger partial charge in [0.2, 0.25) is 15.9 Å². The Morgan fingerprint density at radius 1 is 1.45 bits per heavy atom. The fourth-order valence-corrected chi connectivity index (χ4v) is 4.87. The first-order valence-corrected chi connectivity index (χ1v) is 10.2. The Kier molecular flexibility index (Phi) is 4.49. The molecule has 0 unspecified atom stereocenters. The Morgan fingerprint density at radius 3 is 2.95 bits per heavy atom. The number of nitrogens with two attached hydrogens (primary N) is 1. The number of aliphatic imine (C=N–C) groups is 1. The summed E-state index contributed by atoms with van der Waals surface area (Å²) in [6.45, 7) is 1.40. The first kappa shape index (κ1) is 15.9. The number of benzene rings is 1. The molecule has 1 aromatic rings. The smallest absolute Gasteiger partial charge is 0.238 e. The number of amides is 1. The number of nitrogens with zero attached hydrogens (tertiary/aromatic N) is 2. The second kappa shape index (κ2) is 6.23. The zero-order valence-electron chi connectivity index (χ0n) is 11.7. The maximum absolute atomic E-state index is 12.3. The van der Waals surface area contributed by atoms with E-state index in [1.54, 1.807) is 28.8 Å². The molecular weight excluding hydrogens is 342 g/mol. The molecule has 2 aliphatic rings. The highest BCUT2D eigenvalue weighted by Crippen LogP contribution is 2.31. The zero-order valence-corrected chi connectivity index (χ0v) is 14.1. The Morgan fingerprint density at radius 2 is 2.27 bits per heavy atom. The Hall–Kier alpha value is -1.03. The van der Waals surface area contributed by atoms with Crippen molar-refractivity contribution in [2.45, 2.75) is 11.3 Å². The molecule has 6 nitrogen and oxygen atoms in total. The van der Waals surface area contributed by atoms with Gasteiger partial charge in [-0.25, -0.2) is 13.6 Å². The van der Waals surface area contributed by atoms with Crippen molar-refractivity contribution >= 4 is 49.5 Å². The van der Waals surface area contributed by atoms with Gasteiger partial charge >= 0.3 is 0 Å². The molecule has 22 heavy (non-hydrogen) atoms. The Bertz CT molecular complexity index is 746. The number of carbonyl (C=O) groups is 1. The lowest BCUT2D eigenvalue weighted by molar-refractivity contribution is -0.116. The fourth-order valence-electron chi connectivity index (χ4n) is 2.42. The van der Waals surface area contributed by atoms with Crippen LogP contribution in [-0.2, 0) is 21.2 Å². The van der Waals surface area contributed by atoms with E-state index in [1.165, 1.54) is 17.8 Å². The van der Waals surface area contributed by atoms with Gasteiger partial charge in [-0.2, -0.15) is 0 Å². The second-order valence-corrected chi connectivity index (χ2v) is 8.78. The third-order valence-electron chi connectivity index (χ3n) is 3.45. The van der Waals surface area contributed by atoms with E-state index in [4.69, 9.17) is 5.14 Å². The highest BCUT2D eigenvalue weighted by atomic mass is 32.2. The van der Waals surface area contributed by atoms with Gasteiger partial charge in [-0.15, -0.1) is 0 Å². The van der Waals surface area contributed by atoms with Crippen molar-refractivity contribution < 1.29 is 13.2 Å². The zero-order chi connectivity index (χ0) is 15.7. The van der Waals surface area contributed by atoms with E-state index >= 15 is 0 Å². The van der Waals surface area contributed by atoms with Gasteiger partial charge in [0.05, 0.1) is 17.2 Å². The lowest BCUT2D eigenvalue weighted by atomic mass is 10.2. The van der Waals surface area contributed by atoms with Crippen molar-refractivity contribution in [1.29, 1.82) is 0 Å². The molecule has 0 saturated heterocycles. The number of fused-ring (bicyclic) bond motifs is 1. The standard InChI is InChI=1S/C13H15N3O3S3/c14-22(18,19)10-1-2-11-9(7-10)3-5-16(11)12(17)8-21-13-15-4-6-20-13/h1-2,7H,3-6,8H2,(H2,14,18,19). The van der Waals surface area contributed by atoms with Crippen molar-refractivity contribution in [3.63, 3.8) is 0 Å². The monoisotopic (exact) mass is 357 g/mol. The van der Waals surface area contributed by atoms with Crippen LogP contribution >= 0.6 is 23.5 Å². The number of carbonyl (C=O) groups excluding carboxylic acids is 1. The normalized spacial score (nSPS) is 17.5. The lowest BCUT2D eigenvalue weighted by Crippen LogP contribution is -2.30. The summed E-state index contributed by atoms with van der Waals surface area (Å²) >= 11 is 3.15. The first-order chi connectivity index (χ1) is 10.4. The molecule has 0 aliphatic carbocycles. The molecule has 0 bridgehead atoms. The average Bonchev–Trinajstić information content (AvgIpc) is 3.12. The predicted octanol–water partition coefficient (Wildman–Crippen LogP) is 1.06. The Labute approximate surface area is 137 Å². The number of hydrogen-bond acceptors (Lipinski definition) is 6. The van der Waals surface area contributed by atoms with E-state index in [1.807, 2.05) is 0 Å². The molecule has 0 radical (unpaired) electrons. The minimum Gasteiger partial charge on any atom is -0.311 e. The van der Waals surface area contributed by atoms with Crippen molar-refractivity contribution in [3.8, 4) is 0 Å². The molecule has 9 heteroatoms. The minimum atomic E-state index is -3.71. The van der Waals surface area contributed by atoms with Crippen molar-refractivity contribution in [3.05, 3.63) is 23.8 Å². The van der Waals surface area contributed by atoms with E-state index in [0.29, 0.717) is 18.7 Å². The molecule has 1 amide bonds. The summed E-state index contributed by atoms with van der Waals surface area (Å²) in [5.74, 6) is 1.35. The summed E-state index contributed by atoms with van der Waals surface area (Å²) in [5, 5.41) is 5.14. The summed E-state index contributed by atoms with van der Waals surface area (Å²) < 4.78 is 23.7. The number of rotatable bonds is 3. The van der Waals surface area contributed by atoms with Crippen LogP contribution in [0.2, 0.25) is 0 Å². The van der Waals surface area contributed by atoms with E-state index < -0.39 is 10.0 Å². The van der Waals surface area contributed by atoms with Crippen molar-refractivity contribution in [2.75, 3.05) is 29.5 Å². The number of primary sulfonamides is 1. The third-order valence-corrected chi connectivity index (χ3v) is 6.60. The molecule has 0 saturated carbocycles. The quantitative estimate of drug-likeness (QED) is 0.873. The maximum atomic E-state index is 12.3. The summed E-state index contributed by atoms with van der Waals surface area (Å²) in [4.78, 5) is 18.4. The summed E-state index contributed by atoms with van der Waals surface area (Å²) in [5.41, 5.74) is 1.62. The van der Waals surface area contributed by atoms with Gasteiger partial charge in [-0.05, 0) is 30.2 Å². The molecule has 2 aliphatic heterocycles. The van der Waals surface area contributed by atoms with Crippen LogP contribution in [0.1, 0.15) is 5.56 Å². The van der Waals surface area contributed by atoms with Crippen LogP contribution in [0.15, 0.2) is 28.1 Å². The van der Waals surface area contributed by atoms with Gasteiger partial charge in [0.1, 0.15) is 4.38 Å². The van der Waals surface area contributed by atoms with Crippen LogP contribution in [0, 0.1) is 0 Å². The van der Waals surface area contributed by atoms with Gasteiger partial charge in [0, 0.05) is 18.0 Å². The molecule has 2 N–H and O–H groups in total. The summed E-state index contributed by atoms with van der Waals surface area (Å²) in [7, 11) is -3.71. The number of sulfonamides is 1. The molecule has 0 spiro atoms. The number of anilines is 1. The average molecular weight is 357 g/mol. The molecule has 1 aromatic carbocycles. The van der Waals surface area contributed by atoms with E-state index in [0.717, 1.165) is 27.9 Å². The second-order valence-electron chi connectivity index (χ2n) is 4.92. The molecule has 0 atom stereocenters. The van der Waals surface area contributed by atoms with E-state index in [9.17, 15) is 13.2 Å². The molecular formula is C13H15N3O3S3. The number of hydrogen-bond donors (Lipinski definition) is 1. The minimum absolute atomic E-state index is 0.0160. The molecule has 3 rings (SSSR count). The topological polar surface area (TPSA) is 92.8 Å². The number of thioether (sulfide) groups is 2. The maximum Gasteiger partial charge on any atom is 0.238 e. The molecule has 2 heterocycles. The lowest BCUT2D eigenvalue weighted by Gasteiger charge is -2.17. The van der Waals surface area contributed by atoms with Gasteiger partial charge < -0.3 is 4.90 Å². The third kappa shape index (κ3) is 3.32. The van der Waals surface area contributed by atoms with Crippen molar-refractivity contribution in [1.82, 2.24) is 0 Å². The van der Waals surface area contributed by atoms with Crippen LogP contribution in [0.5, 0.6) is 0 Å². The van der Waals surface area contributed by atoms with Crippen LogP contribution in [0.4, 0.5) is 5.69 Å². The largest absolute Gasteiger partial charge is 0.311 e. The SMILES string of the molecule is NS(=O)(=O)c1ccc2c(c1)CCN2C(=O)CSC1=NCCS1. The molecule has 118 valence electrons. The Balaban J connectivity index is 1.72. The van der Waals surface area contributed by atoms with Gasteiger partial charge in [0.15, 0.2) is 0 Å². The van der Waals surface area contributed by atoms with E-state index in [2.05, 4.69) is 4.99 Å². The molecule has 0 aromatic heterocycles. The summed E-state index contributed by atoms with van der Waals surface area (Å²) in [6, 6.07) is 4.66. The van der Waals surface area contributed by atoms with Crippen LogP contribution in [0.3, 0.4) is 0 Å². The van der Waals surface area contributed by atoms with Crippen LogP contribution in [0.25, 0.3) is 0 Å². The van der Waals surface area contributed by atoms with Gasteiger partial charge in [-0.1, -0.05) is 23.5 Å². The highest BCUT2D eigenvalue weighted by Gasteiger charge is 2.26.